The minimum atomic E-state index is -0.305. The smallest absolute Gasteiger partial charge is 0.265 e. The van der Waals surface area contributed by atoms with Gasteiger partial charge in [-0.1, -0.05) is 25.5 Å². The van der Waals surface area contributed by atoms with E-state index in [-0.39, 0.29) is 11.4 Å². The first-order chi connectivity index (χ1) is 9.02. The van der Waals surface area contributed by atoms with Gasteiger partial charge in [0.05, 0.1) is 5.69 Å². The van der Waals surface area contributed by atoms with Crippen molar-refractivity contribution in [1.29, 1.82) is 0 Å². The van der Waals surface area contributed by atoms with Crippen molar-refractivity contribution in [3.63, 3.8) is 0 Å². The van der Waals surface area contributed by atoms with Crippen molar-refractivity contribution >= 4 is 15.9 Å². The number of rotatable bonds is 3. The van der Waals surface area contributed by atoms with Crippen LogP contribution in [0.15, 0.2) is 27.5 Å². The first-order valence-corrected chi connectivity index (χ1v) is 6.87. The van der Waals surface area contributed by atoms with Crippen LogP contribution in [0.3, 0.4) is 0 Å². The molecule has 0 fully saturated rings. The minimum absolute atomic E-state index is 0.241. The summed E-state index contributed by atoms with van der Waals surface area (Å²) in [6.07, 6.45) is 1.59. The van der Waals surface area contributed by atoms with E-state index in [1.807, 2.05) is 6.92 Å². The lowest BCUT2D eigenvalue weighted by molar-refractivity contribution is 0.619. The van der Waals surface area contributed by atoms with Gasteiger partial charge >= 0.3 is 0 Å². The molecule has 1 aromatic heterocycles. The molecule has 100 valence electrons. The largest absolute Gasteiger partial charge is 0.306 e. The lowest BCUT2D eigenvalue weighted by Crippen LogP contribution is -2.13. The minimum Gasteiger partial charge on any atom is -0.306 e. The van der Waals surface area contributed by atoms with Gasteiger partial charge in [0.15, 0.2) is 0 Å². The number of aromatic amines is 1. The summed E-state index contributed by atoms with van der Waals surface area (Å²) >= 11 is 3.23. The fourth-order valence-electron chi connectivity index (χ4n) is 1.78. The molecule has 0 aliphatic carbocycles. The van der Waals surface area contributed by atoms with Crippen LogP contribution >= 0.6 is 15.9 Å². The molecular weight excluding hydrogens is 311 g/mol. The van der Waals surface area contributed by atoms with E-state index in [1.54, 1.807) is 19.1 Å². The highest BCUT2D eigenvalue weighted by Gasteiger charge is 2.10. The number of aromatic nitrogens is 2. The highest BCUT2D eigenvalue weighted by Crippen LogP contribution is 2.20. The Labute approximate surface area is 119 Å². The fraction of sp³-hybridized carbons (Fsp3) is 0.286. The molecular formula is C14H14BrFN2O. The van der Waals surface area contributed by atoms with Gasteiger partial charge in [0.2, 0.25) is 0 Å². The standard InChI is InChI=1S/C14H14BrFN2O/c1-3-4-11-12(15)14(19)18-13(17-11)9-6-5-8(2)10(16)7-9/h5-7H,3-4H2,1-2H3,(H,17,18,19). The summed E-state index contributed by atoms with van der Waals surface area (Å²) in [5.41, 5.74) is 1.60. The zero-order chi connectivity index (χ0) is 14.0. The molecule has 3 nitrogen and oxygen atoms in total. The first-order valence-electron chi connectivity index (χ1n) is 6.08. The topological polar surface area (TPSA) is 45.8 Å². The highest BCUT2D eigenvalue weighted by atomic mass is 79.9. The Morgan fingerprint density at radius 1 is 1.42 bits per heavy atom. The molecule has 0 amide bonds. The van der Waals surface area contributed by atoms with Gasteiger partial charge in [-0.05, 0) is 40.9 Å². The molecule has 0 saturated heterocycles. The van der Waals surface area contributed by atoms with E-state index in [2.05, 4.69) is 25.9 Å². The summed E-state index contributed by atoms with van der Waals surface area (Å²) in [7, 11) is 0. The Bertz CT molecular complexity index is 667. The van der Waals surface area contributed by atoms with E-state index in [1.165, 1.54) is 6.07 Å². The number of benzene rings is 1. The third-order valence-corrected chi connectivity index (χ3v) is 3.68. The van der Waals surface area contributed by atoms with E-state index in [0.717, 1.165) is 6.42 Å². The van der Waals surface area contributed by atoms with Crippen molar-refractivity contribution < 1.29 is 4.39 Å². The molecule has 1 heterocycles. The molecule has 1 N–H and O–H groups in total. The van der Waals surface area contributed by atoms with Crippen molar-refractivity contribution in [2.45, 2.75) is 26.7 Å². The summed E-state index contributed by atoms with van der Waals surface area (Å²) in [5, 5.41) is 0. The summed E-state index contributed by atoms with van der Waals surface area (Å²) in [6.45, 7) is 3.71. The van der Waals surface area contributed by atoms with Gasteiger partial charge in [-0.15, -0.1) is 0 Å². The molecule has 0 saturated carbocycles. The van der Waals surface area contributed by atoms with Crippen molar-refractivity contribution in [2.24, 2.45) is 0 Å². The predicted molar refractivity (Wildman–Crippen MR) is 76.7 cm³/mol. The SMILES string of the molecule is CCCc1nc(-c2ccc(C)c(F)c2)[nH]c(=O)c1Br. The number of H-pyrrole nitrogens is 1. The van der Waals surface area contributed by atoms with E-state index < -0.39 is 0 Å². The fourth-order valence-corrected chi connectivity index (χ4v) is 2.17. The van der Waals surface area contributed by atoms with Gasteiger partial charge in [-0.3, -0.25) is 4.79 Å². The van der Waals surface area contributed by atoms with Crippen LogP contribution in [0.4, 0.5) is 4.39 Å². The Balaban J connectivity index is 2.56. The number of aryl methyl sites for hydroxylation is 2. The van der Waals surface area contributed by atoms with Crippen LogP contribution in [-0.2, 0) is 6.42 Å². The Morgan fingerprint density at radius 3 is 2.79 bits per heavy atom. The van der Waals surface area contributed by atoms with Gasteiger partial charge in [-0.2, -0.15) is 0 Å². The second kappa shape index (κ2) is 5.65. The third-order valence-electron chi connectivity index (χ3n) is 2.86. The summed E-state index contributed by atoms with van der Waals surface area (Å²) in [6, 6.07) is 4.81. The Kier molecular flexibility index (Phi) is 4.14. The number of hydrogen-bond acceptors (Lipinski definition) is 2. The Hall–Kier alpha value is -1.49. The monoisotopic (exact) mass is 324 g/mol. The molecule has 0 aliphatic heterocycles. The maximum absolute atomic E-state index is 13.6. The molecule has 0 atom stereocenters. The van der Waals surface area contributed by atoms with E-state index in [4.69, 9.17) is 0 Å². The molecule has 0 aliphatic rings. The second-order valence-corrected chi connectivity index (χ2v) is 5.18. The van der Waals surface area contributed by atoms with Crippen molar-refractivity contribution in [1.82, 2.24) is 9.97 Å². The van der Waals surface area contributed by atoms with E-state index in [9.17, 15) is 9.18 Å². The molecule has 2 rings (SSSR count). The van der Waals surface area contributed by atoms with Crippen molar-refractivity contribution in [3.8, 4) is 11.4 Å². The lowest BCUT2D eigenvalue weighted by Gasteiger charge is -2.07. The van der Waals surface area contributed by atoms with Crippen LogP contribution in [0.2, 0.25) is 0 Å². The van der Waals surface area contributed by atoms with Crippen LogP contribution < -0.4 is 5.56 Å². The van der Waals surface area contributed by atoms with E-state index in [0.29, 0.717) is 33.5 Å². The van der Waals surface area contributed by atoms with Gasteiger partial charge in [0.25, 0.3) is 5.56 Å². The normalized spacial score (nSPS) is 10.7. The Morgan fingerprint density at radius 2 is 2.16 bits per heavy atom. The average molecular weight is 325 g/mol. The van der Waals surface area contributed by atoms with Crippen LogP contribution in [0.5, 0.6) is 0 Å². The average Bonchev–Trinajstić information content (AvgIpc) is 2.38. The third kappa shape index (κ3) is 2.92. The maximum Gasteiger partial charge on any atom is 0.265 e. The van der Waals surface area contributed by atoms with Gasteiger partial charge in [0, 0.05) is 5.56 Å². The molecule has 0 radical (unpaired) electrons. The molecule has 0 bridgehead atoms. The quantitative estimate of drug-likeness (QED) is 0.937. The van der Waals surface area contributed by atoms with Crippen molar-refractivity contribution in [2.75, 3.05) is 0 Å². The van der Waals surface area contributed by atoms with Gasteiger partial charge < -0.3 is 4.98 Å². The van der Waals surface area contributed by atoms with Gasteiger partial charge in [0.1, 0.15) is 16.1 Å². The van der Waals surface area contributed by atoms with Crippen molar-refractivity contribution in [3.05, 3.63) is 50.1 Å². The lowest BCUT2D eigenvalue weighted by atomic mass is 10.1. The maximum atomic E-state index is 13.6. The molecule has 5 heteroatoms. The van der Waals surface area contributed by atoms with Gasteiger partial charge in [-0.25, -0.2) is 9.37 Å². The molecule has 0 unspecified atom stereocenters. The summed E-state index contributed by atoms with van der Waals surface area (Å²) in [5.74, 6) is 0.0932. The van der Waals surface area contributed by atoms with Crippen LogP contribution in [0.25, 0.3) is 11.4 Å². The van der Waals surface area contributed by atoms with Crippen LogP contribution in [0.1, 0.15) is 24.6 Å². The second-order valence-electron chi connectivity index (χ2n) is 4.39. The molecule has 2 aromatic rings. The molecule has 19 heavy (non-hydrogen) atoms. The predicted octanol–water partition coefficient (Wildman–Crippen LogP) is 3.60. The zero-order valence-corrected chi connectivity index (χ0v) is 12.3. The molecule has 1 aromatic carbocycles. The number of nitrogens with zero attached hydrogens (tertiary/aromatic N) is 1. The highest BCUT2D eigenvalue weighted by molar-refractivity contribution is 9.10. The zero-order valence-electron chi connectivity index (χ0n) is 10.8. The summed E-state index contributed by atoms with van der Waals surface area (Å²) < 4.78 is 14.0. The van der Waals surface area contributed by atoms with Crippen LogP contribution in [0, 0.1) is 12.7 Å². The summed E-state index contributed by atoms with van der Waals surface area (Å²) in [4.78, 5) is 18.9. The number of nitrogens with one attached hydrogen (secondary N) is 1. The number of halogens is 2. The van der Waals surface area contributed by atoms with Crippen LogP contribution in [-0.4, -0.2) is 9.97 Å². The molecule has 0 spiro atoms. The first kappa shape index (κ1) is 13.9. The number of hydrogen-bond donors (Lipinski definition) is 1. The van der Waals surface area contributed by atoms with E-state index >= 15 is 0 Å².